The predicted molar refractivity (Wildman–Crippen MR) is 95.2 cm³/mol. The van der Waals surface area contributed by atoms with Gasteiger partial charge < -0.3 is 10.3 Å². The van der Waals surface area contributed by atoms with Crippen LogP contribution in [0.4, 0.5) is 5.82 Å². The van der Waals surface area contributed by atoms with E-state index >= 15 is 0 Å². The van der Waals surface area contributed by atoms with Crippen molar-refractivity contribution in [2.75, 3.05) is 5.73 Å². The summed E-state index contributed by atoms with van der Waals surface area (Å²) in [4.78, 5) is 8.68. The Morgan fingerprint density at radius 1 is 1.21 bits per heavy atom. The van der Waals surface area contributed by atoms with Crippen molar-refractivity contribution in [1.82, 2.24) is 24.9 Å². The molecular weight excluding hydrogens is 419 g/mol. The molecule has 4 aliphatic rings. The largest absolute Gasteiger partial charge is 0.383 e. The first-order valence-electron chi connectivity index (χ1n) is 8.31. The molecule has 24 heavy (non-hydrogen) atoms. The van der Waals surface area contributed by atoms with Gasteiger partial charge in [0.25, 0.3) is 0 Å². The summed E-state index contributed by atoms with van der Waals surface area (Å²) in [6.07, 6.45) is 7.45. The Balaban J connectivity index is 1.61. The Morgan fingerprint density at radius 2 is 2.00 bits per heavy atom. The Hall–Kier alpha value is -1.71. The van der Waals surface area contributed by atoms with Crippen molar-refractivity contribution in [3.63, 3.8) is 0 Å². The van der Waals surface area contributed by atoms with Gasteiger partial charge in [-0.1, -0.05) is 5.16 Å². The molecule has 0 amide bonds. The highest BCUT2D eigenvalue weighted by molar-refractivity contribution is 14.1. The van der Waals surface area contributed by atoms with Crippen molar-refractivity contribution in [2.24, 2.45) is 5.92 Å². The first-order valence-corrected chi connectivity index (χ1v) is 9.39. The van der Waals surface area contributed by atoms with Gasteiger partial charge >= 0.3 is 0 Å². The van der Waals surface area contributed by atoms with Gasteiger partial charge in [0.2, 0.25) is 0 Å². The summed E-state index contributed by atoms with van der Waals surface area (Å²) in [5.74, 6) is 2.81. The molecule has 4 fully saturated rings. The fourth-order valence-electron chi connectivity index (χ4n) is 4.20. The predicted octanol–water partition coefficient (Wildman–Crippen LogP) is 3.05. The molecule has 3 aromatic heterocycles. The van der Waals surface area contributed by atoms with Gasteiger partial charge in [-0.05, 0) is 60.6 Å². The Morgan fingerprint density at radius 3 is 2.67 bits per heavy atom. The summed E-state index contributed by atoms with van der Waals surface area (Å²) >= 11 is 2.32. The van der Waals surface area contributed by atoms with Gasteiger partial charge in [0, 0.05) is 5.92 Å². The van der Waals surface area contributed by atoms with Crippen molar-refractivity contribution >= 4 is 39.4 Å². The molecule has 2 bridgehead atoms. The van der Waals surface area contributed by atoms with E-state index < -0.39 is 0 Å². The molecule has 4 saturated carbocycles. The van der Waals surface area contributed by atoms with E-state index in [-0.39, 0.29) is 5.54 Å². The first-order chi connectivity index (χ1) is 11.7. The minimum atomic E-state index is 0.135. The number of hydrogen-bond donors (Lipinski definition) is 1. The lowest BCUT2D eigenvalue weighted by Gasteiger charge is -2.61. The quantitative estimate of drug-likeness (QED) is 0.637. The van der Waals surface area contributed by atoms with E-state index in [0.717, 1.165) is 37.7 Å². The second-order valence-electron chi connectivity index (χ2n) is 7.40. The Labute approximate surface area is 151 Å². The zero-order chi connectivity index (χ0) is 16.1. The van der Waals surface area contributed by atoms with Crippen LogP contribution in [0.2, 0.25) is 0 Å². The summed E-state index contributed by atoms with van der Waals surface area (Å²) in [5.41, 5.74) is 8.67. The molecular formula is C16H15IN6O. The average Bonchev–Trinajstić information content (AvgIpc) is 3.14. The molecule has 7 nitrogen and oxygen atoms in total. The SMILES string of the molecule is Nc1ncnc2c1c(-c1noc(C3CC3)c1I)nn2C12CC(C1)C2. The Kier molecular flexibility index (Phi) is 2.42. The van der Waals surface area contributed by atoms with Gasteiger partial charge in [-0.2, -0.15) is 5.10 Å². The van der Waals surface area contributed by atoms with Crippen LogP contribution in [0, 0.1) is 9.49 Å². The summed E-state index contributed by atoms with van der Waals surface area (Å²) in [5, 5.41) is 10.0. The van der Waals surface area contributed by atoms with Crippen molar-refractivity contribution in [1.29, 1.82) is 0 Å². The minimum absolute atomic E-state index is 0.135. The van der Waals surface area contributed by atoms with Gasteiger partial charge in [0.1, 0.15) is 23.5 Å². The summed E-state index contributed by atoms with van der Waals surface area (Å²) < 4.78 is 8.74. The third-order valence-electron chi connectivity index (χ3n) is 5.78. The second kappa shape index (κ2) is 4.27. The second-order valence-corrected chi connectivity index (χ2v) is 8.48. The molecule has 122 valence electrons. The van der Waals surface area contributed by atoms with Crippen LogP contribution in [0.1, 0.15) is 43.8 Å². The van der Waals surface area contributed by atoms with Crippen LogP contribution >= 0.6 is 22.6 Å². The molecule has 2 N–H and O–H groups in total. The topological polar surface area (TPSA) is 95.7 Å². The van der Waals surface area contributed by atoms with E-state index in [1.807, 2.05) is 0 Å². The lowest BCUT2D eigenvalue weighted by Crippen LogP contribution is -2.59. The van der Waals surface area contributed by atoms with E-state index in [1.165, 1.54) is 38.4 Å². The third kappa shape index (κ3) is 1.57. The maximum Gasteiger partial charge on any atom is 0.164 e. The van der Waals surface area contributed by atoms with Gasteiger partial charge in [0.05, 0.1) is 14.5 Å². The highest BCUT2D eigenvalue weighted by Gasteiger charge is 2.59. The van der Waals surface area contributed by atoms with E-state index in [2.05, 4.69) is 42.4 Å². The number of halogens is 1. The molecule has 0 atom stereocenters. The van der Waals surface area contributed by atoms with Crippen molar-refractivity contribution in [3.05, 3.63) is 15.7 Å². The van der Waals surface area contributed by atoms with Gasteiger partial charge in [-0.25, -0.2) is 14.6 Å². The molecule has 8 heteroatoms. The molecule has 3 heterocycles. The number of rotatable bonds is 3. The lowest BCUT2D eigenvalue weighted by molar-refractivity contribution is -0.0946. The third-order valence-corrected chi connectivity index (χ3v) is 6.82. The number of aromatic nitrogens is 5. The van der Waals surface area contributed by atoms with Crippen LogP contribution in [0.5, 0.6) is 0 Å². The molecule has 4 aliphatic carbocycles. The zero-order valence-electron chi connectivity index (χ0n) is 12.9. The van der Waals surface area contributed by atoms with Gasteiger partial charge in [-0.15, -0.1) is 0 Å². The van der Waals surface area contributed by atoms with Crippen LogP contribution in [-0.2, 0) is 5.54 Å². The van der Waals surface area contributed by atoms with Crippen LogP contribution in [0.25, 0.3) is 22.4 Å². The highest BCUT2D eigenvalue weighted by Crippen LogP contribution is 2.63. The molecule has 7 rings (SSSR count). The number of nitrogens with two attached hydrogens (primary N) is 1. The number of fused-ring (bicyclic) bond motifs is 1. The fraction of sp³-hybridized carbons (Fsp3) is 0.500. The number of hydrogen-bond acceptors (Lipinski definition) is 6. The van der Waals surface area contributed by atoms with Gasteiger partial charge in [0.15, 0.2) is 11.4 Å². The summed E-state index contributed by atoms with van der Waals surface area (Å²) in [7, 11) is 0. The van der Waals surface area contributed by atoms with Crippen molar-refractivity contribution < 1.29 is 4.52 Å². The Bertz CT molecular complexity index is 987. The molecule has 0 spiro atoms. The molecule has 0 saturated heterocycles. The molecule has 0 radical (unpaired) electrons. The lowest BCUT2D eigenvalue weighted by atomic mass is 9.50. The van der Waals surface area contributed by atoms with E-state index in [9.17, 15) is 0 Å². The summed E-state index contributed by atoms with van der Waals surface area (Å²) in [6, 6.07) is 0. The van der Waals surface area contributed by atoms with Crippen LogP contribution in [-0.4, -0.2) is 24.9 Å². The minimum Gasteiger partial charge on any atom is -0.383 e. The monoisotopic (exact) mass is 434 g/mol. The van der Waals surface area contributed by atoms with Crippen LogP contribution < -0.4 is 5.73 Å². The number of nitrogen functional groups attached to an aromatic ring is 1. The summed E-state index contributed by atoms with van der Waals surface area (Å²) in [6.45, 7) is 0. The van der Waals surface area contributed by atoms with E-state index in [0.29, 0.717) is 11.7 Å². The normalized spacial score (nSPS) is 28.0. The van der Waals surface area contributed by atoms with Crippen molar-refractivity contribution in [3.8, 4) is 11.4 Å². The van der Waals surface area contributed by atoms with E-state index in [4.69, 9.17) is 15.4 Å². The highest BCUT2D eigenvalue weighted by atomic mass is 127. The molecule has 0 aromatic carbocycles. The van der Waals surface area contributed by atoms with Crippen LogP contribution in [0.3, 0.4) is 0 Å². The van der Waals surface area contributed by atoms with Crippen LogP contribution in [0.15, 0.2) is 10.9 Å². The maximum absolute atomic E-state index is 6.19. The number of nitrogens with zero attached hydrogens (tertiary/aromatic N) is 5. The standard InChI is InChI=1S/C16H15IN6O/c17-10-12(22-24-13(10)8-1-2-8)11-9-14(18)19-6-20-15(9)23(21-11)16-3-7(4-16)5-16/h6-8H,1-5H2,(H2,18,19,20). The molecule has 0 unspecified atom stereocenters. The average molecular weight is 434 g/mol. The molecule has 3 aromatic rings. The maximum atomic E-state index is 6.19. The smallest absolute Gasteiger partial charge is 0.164 e. The van der Waals surface area contributed by atoms with E-state index in [1.54, 1.807) is 0 Å². The first kappa shape index (κ1) is 13.6. The number of anilines is 1. The zero-order valence-corrected chi connectivity index (χ0v) is 15.0. The van der Waals surface area contributed by atoms with Crippen molar-refractivity contribution in [2.45, 2.75) is 43.6 Å². The molecule has 0 aliphatic heterocycles. The fourth-order valence-corrected chi connectivity index (χ4v) is 5.09. The van der Waals surface area contributed by atoms with Gasteiger partial charge in [-0.3, -0.25) is 0 Å².